The first kappa shape index (κ1) is 10.2. The minimum Gasteiger partial charge on any atom is -0.260 e. The van der Waals surface area contributed by atoms with Crippen LogP contribution in [-0.4, -0.2) is 18.7 Å². The van der Waals surface area contributed by atoms with Crippen LogP contribution in [0, 0.1) is 6.92 Å². The van der Waals surface area contributed by atoms with Gasteiger partial charge in [-0.3, -0.25) is 4.98 Å². The van der Waals surface area contributed by atoms with E-state index < -0.39 is 15.1 Å². The monoisotopic (exact) mass is 199 g/mol. The lowest BCUT2D eigenvalue weighted by molar-refractivity contribution is 0.586. The molecular weight excluding hydrogens is 186 g/mol. The van der Waals surface area contributed by atoms with Crippen molar-refractivity contribution >= 4 is 9.84 Å². The van der Waals surface area contributed by atoms with Crippen molar-refractivity contribution in [2.45, 2.75) is 30.9 Å². The van der Waals surface area contributed by atoms with E-state index in [4.69, 9.17) is 0 Å². The van der Waals surface area contributed by atoms with Crippen LogP contribution >= 0.6 is 0 Å². The Hall–Kier alpha value is -0.900. The Kier molecular flexibility index (Phi) is 2.71. The normalized spacial score (nSPS) is 12.0. The Labute approximate surface area is 78.7 Å². The molecule has 0 radical (unpaired) electrons. The van der Waals surface area contributed by atoms with Gasteiger partial charge in [0.15, 0.2) is 9.84 Å². The molecule has 1 aromatic rings. The van der Waals surface area contributed by atoms with Crippen molar-refractivity contribution in [3.05, 3.63) is 24.0 Å². The Balaban J connectivity index is 3.32. The van der Waals surface area contributed by atoms with E-state index in [2.05, 4.69) is 4.98 Å². The summed E-state index contributed by atoms with van der Waals surface area (Å²) >= 11 is 0. The van der Waals surface area contributed by atoms with E-state index in [1.807, 2.05) is 0 Å². The average Bonchev–Trinajstić information content (AvgIpc) is 2.04. The number of pyridine rings is 1. The fourth-order valence-electron chi connectivity index (χ4n) is 1.02. The summed E-state index contributed by atoms with van der Waals surface area (Å²) in [6.45, 7) is 5.04. The number of aryl methyl sites for hydroxylation is 1. The molecule has 1 aromatic heterocycles. The molecule has 1 heterocycles. The predicted molar refractivity (Wildman–Crippen MR) is 51.3 cm³/mol. The van der Waals surface area contributed by atoms with Gasteiger partial charge in [-0.05, 0) is 32.9 Å². The topological polar surface area (TPSA) is 47.0 Å². The van der Waals surface area contributed by atoms with Gasteiger partial charge < -0.3 is 0 Å². The lowest BCUT2D eigenvalue weighted by Gasteiger charge is -2.08. The van der Waals surface area contributed by atoms with Crippen LogP contribution in [0.2, 0.25) is 0 Å². The molecular formula is C9H13NO2S. The third-order valence-electron chi connectivity index (χ3n) is 1.89. The SMILES string of the molecule is Cc1ncccc1S(=O)(=O)C(C)C. The second-order valence-corrected chi connectivity index (χ2v) is 5.65. The van der Waals surface area contributed by atoms with Crippen molar-refractivity contribution in [1.82, 2.24) is 4.98 Å². The molecule has 0 saturated heterocycles. The smallest absolute Gasteiger partial charge is 0.182 e. The van der Waals surface area contributed by atoms with Gasteiger partial charge in [0.1, 0.15) is 0 Å². The molecule has 0 fully saturated rings. The molecule has 0 atom stereocenters. The highest BCUT2D eigenvalue weighted by molar-refractivity contribution is 7.92. The summed E-state index contributed by atoms with van der Waals surface area (Å²) in [5, 5.41) is -0.393. The zero-order valence-corrected chi connectivity index (χ0v) is 8.80. The van der Waals surface area contributed by atoms with Crippen LogP contribution in [0.1, 0.15) is 19.5 Å². The predicted octanol–water partition coefficient (Wildman–Crippen LogP) is 1.57. The molecule has 1 rings (SSSR count). The fourth-order valence-corrected chi connectivity index (χ4v) is 2.26. The van der Waals surface area contributed by atoms with Crippen LogP contribution in [0.5, 0.6) is 0 Å². The number of rotatable bonds is 2. The van der Waals surface area contributed by atoms with Crippen LogP contribution in [0.3, 0.4) is 0 Å². The number of hydrogen-bond acceptors (Lipinski definition) is 3. The van der Waals surface area contributed by atoms with Crippen LogP contribution in [0.15, 0.2) is 23.2 Å². The van der Waals surface area contributed by atoms with Crippen LogP contribution in [0.4, 0.5) is 0 Å². The van der Waals surface area contributed by atoms with Crippen molar-refractivity contribution in [3.8, 4) is 0 Å². The first-order chi connectivity index (χ1) is 5.96. The molecule has 0 aliphatic carbocycles. The minimum absolute atomic E-state index is 0.338. The van der Waals surface area contributed by atoms with E-state index in [1.165, 1.54) is 0 Å². The van der Waals surface area contributed by atoms with Crippen LogP contribution < -0.4 is 0 Å². The summed E-state index contributed by atoms with van der Waals surface area (Å²) in [5.74, 6) is 0. The van der Waals surface area contributed by atoms with E-state index in [0.717, 1.165) is 0 Å². The highest BCUT2D eigenvalue weighted by atomic mass is 32.2. The van der Waals surface area contributed by atoms with Gasteiger partial charge in [0, 0.05) is 6.20 Å². The Morgan fingerprint density at radius 1 is 1.38 bits per heavy atom. The molecule has 13 heavy (non-hydrogen) atoms. The average molecular weight is 199 g/mol. The van der Waals surface area contributed by atoms with Gasteiger partial charge in [-0.15, -0.1) is 0 Å². The molecule has 0 bridgehead atoms. The summed E-state index contributed by atoms with van der Waals surface area (Å²) in [7, 11) is -3.17. The van der Waals surface area contributed by atoms with Gasteiger partial charge in [-0.25, -0.2) is 8.42 Å². The fraction of sp³-hybridized carbons (Fsp3) is 0.444. The standard InChI is InChI=1S/C9H13NO2S/c1-7(2)13(11,12)9-5-4-6-10-8(9)3/h4-7H,1-3H3. The molecule has 0 aliphatic heterocycles. The molecule has 0 aliphatic rings. The zero-order chi connectivity index (χ0) is 10.1. The summed E-state index contributed by atoms with van der Waals surface area (Å²) in [5.41, 5.74) is 0.566. The van der Waals surface area contributed by atoms with E-state index in [1.54, 1.807) is 39.1 Å². The van der Waals surface area contributed by atoms with Crippen molar-refractivity contribution in [1.29, 1.82) is 0 Å². The number of hydrogen-bond donors (Lipinski definition) is 0. The Bertz CT molecular complexity index is 396. The quantitative estimate of drug-likeness (QED) is 0.726. The molecule has 0 unspecified atom stereocenters. The molecule has 0 aromatic carbocycles. The minimum atomic E-state index is -3.17. The summed E-state index contributed by atoms with van der Waals surface area (Å²) in [6.07, 6.45) is 1.59. The lowest BCUT2D eigenvalue weighted by Crippen LogP contribution is -2.15. The summed E-state index contributed by atoms with van der Waals surface area (Å²) in [4.78, 5) is 4.29. The highest BCUT2D eigenvalue weighted by Gasteiger charge is 2.20. The number of sulfone groups is 1. The Morgan fingerprint density at radius 3 is 2.46 bits per heavy atom. The third-order valence-corrected chi connectivity index (χ3v) is 4.17. The number of nitrogens with zero attached hydrogens (tertiary/aromatic N) is 1. The molecule has 0 saturated carbocycles. The largest absolute Gasteiger partial charge is 0.260 e. The van der Waals surface area contributed by atoms with Gasteiger partial charge in [0.05, 0.1) is 15.8 Å². The van der Waals surface area contributed by atoms with Crippen molar-refractivity contribution in [3.63, 3.8) is 0 Å². The van der Waals surface area contributed by atoms with Crippen LogP contribution in [-0.2, 0) is 9.84 Å². The highest BCUT2D eigenvalue weighted by Crippen LogP contribution is 2.17. The maximum Gasteiger partial charge on any atom is 0.182 e. The second kappa shape index (κ2) is 3.46. The first-order valence-corrected chi connectivity index (χ1v) is 5.66. The van der Waals surface area contributed by atoms with Crippen LogP contribution in [0.25, 0.3) is 0 Å². The van der Waals surface area contributed by atoms with Crippen molar-refractivity contribution in [2.24, 2.45) is 0 Å². The first-order valence-electron chi connectivity index (χ1n) is 4.12. The molecule has 72 valence electrons. The van der Waals surface area contributed by atoms with Gasteiger partial charge in [-0.2, -0.15) is 0 Å². The maximum atomic E-state index is 11.7. The number of aromatic nitrogens is 1. The van der Waals surface area contributed by atoms with Crippen molar-refractivity contribution < 1.29 is 8.42 Å². The van der Waals surface area contributed by atoms with E-state index in [-0.39, 0.29) is 0 Å². The van der Waals surface area contributed by atoms with E-state index in [0.29, 0.717) is 10.6 Å². The van der Waals surface area contributed by atoms with E-state index >= 15 is 0 Å². The molecule has 3 nitrogen and oxygen atoms in total. The molecule has 4 heteroatoms. The van der Waals surface area contributed by atoms with Gasteiger partial charge in [0.25, 0.3) is 0 Å². The maximum absolute atomic E-state index is 11.7. The van der Waals surface area contributed by atoms with Gasteiger partial charge in [0.2, 0.25) is 0 Å². The van der Waals surface area contributed by atoms with E-state index in [9.17, 15) is 8.42 Å². The zero-order valence-electron chi connectivity index (χ0n) is 7.98. The second-order valence-electron chi connectivity index (χ2n) is 3.18. The molecule has 0 N–H and O–H groups in total. The summed E-state index contributed by atoms with van der Waals surface area (Å²) in [6, 6.07) is 3.24. The van der Waals surface area contributed by atoms with Gasteiger partial charge in [-0.1, -0.05) is 0 Å². The van der Waals surface area contributed by atoms with Gasteiger partial charge >= 0.3 is 0 Å². The molecule has 0 spiro atoms. The van der Waals surface area contributed by atoms with Crippen molar-refractivity contribution in [2.75, 3.05) is 0 Å². The lowest BCUT2D eigenvalue weighted by atomic mass is 10.4. The Morgan fingerprint density at radius 2 is 2.00 bits per heavy atom. The molecule has 0 amide bonds. The third kappa shape index (κ3) is 1.88. The summed E-state index contributed by atoms with van der Waals surface area (Å²) < 4.78 is 23.4.